The third-order valence-electron chi connectivity index (χ3n) is 0.879. The number of esters is 1. The molecule has 0 radical (unpaired) electrons. The highest BCUT2D eigenvalue weighted by molar-refractivity contribution is 7.99. The van der Waals surface area contributed by atoms with E-state index in [9.17, 15) is 4.79 Å². The lowest BCUT2D eigenvalue weighted by Crippen LogP contribution is -2.01. The van der Waals surface area contributed by atoms with Gasteiger partial charge in [-0.05, 0) is 0 Å². The Morgan fingerprint density at radius 1 is 1.50 bits per heavy atom. The van der Waals surface area contributed by atoms with E-state index in [2.05, 4.69) is 4.74 Å². The number of methoxy groups -OCH3 is 2. The SMILES string of the molecule is COCSCCC(=O)OC. The zero-order valence-corrected chi connectivity index (χ0v) is 7.07. The lowest BCUT2D eigenvalue weighted by atomic mass is 10.5. The summed E-state index contributed by atoms with van der Waals surface area (Å²) >= 11 is 1.57. The van der Waals surface area contributed by atoms with Crippen molar-refractivity contribution in [3.8, 4) is 0 Å². The maximum Gasteiger partial charge on any atom is 0.306 e. The molecule has 0 saturated carbocycles. The molecule has 3 nitrogen and oxygen atoms in total. The summed E-state index contributed by atoms with van der Waals surface area (Å²) in [6.07, 6.45) is 0.463. The number of carbonyl (C=O) groups excluding carboxylic acids is 1. The molecule has 0 aromatic carbocycles. The first-order valence-electron chi connectivity index (χ1n) is 2.94. The standard InChI is InChI=1S/C6H12O3S/c1-8-5-10-4-3-6(7)9-2/h3-5H2,1-2H3. The summed E-state index contributed by atoms with van der Waals surface area (Å²) in [6.45, 7) is 0. The summed E-state index contributed by atoms with van der Waals surface area (Å²) in [7, 11) is 3.02. The van der Waals surface area contributed by atoms with Crippen LogP contribution in [0.2, 0.25) is 0 Å². The lowest BCUT2D eigenvalue weighted by Gasteiger charge is -1.97. The van der Waals surface area contributed by atoms with Gasteiger partial charge in [-0.1, -0.05) is 0 Å². The van der Waals surface area contributed by atoms with Gasteiger partial charge in [0.15, 0.2) is 0 Å². The fourth-order valence-electron chi connectivity index (χ4n) is 0.400. The van der Waals surface area contributed by atoms with Crippen LogP contribution in [0.3, 0.4) is 0 Å². The molecule has 0 aliphatic rings. The molecule has 0 saturated heterocycles. The first kappa shape index (κ1) is 9.78. The number of ether oxygens (including phenoxy) is 2. The molecule has 0 spiro atoms. The second-order valence-electron chi connectivity index (χ2n) is 1.64. The predicted octanol–water partition coefficient (Wildman–Crippen LogP) is 0.887. The average Bonchev–Trinajstić information content (AvgIpc) is 1.98. The largest absolute Gasteiger partial charge is 0.469 e. The summed E-state index contributed by atoms with van der Waals surface area (Å²) in [4.78, 5) is 10.5. The van der Waals surface area contributed by atoms with Crippen molar-refractivity contribution in [3.05, 3.63) is 0 Å². The Morgan fingerprint density at radius 3 is 2.70 bits per heavy atom. The highest BCUT2D eigenvalue weighted by Gasteiger charge is 1.97. The van der Waals surface area contributed by atoms with Crippen LogP contribution in [-0.4, -0.2) is 31.9 Å². The van der Waals surface area contributed by atoms with Crippen molar-refractivity contribution in [2.45, 2.75) is 6.42 Å². The fourth-order valence-corrected chi connectivity index (χ4v) is 0.995. The van der Waals surface area contributed by atoms with Crippen molar-refractivity contribution in [2.24, 2.45) is 0 Å². The molecule has 10 heavy (non-hydrogen) atoms. The van der Waals surface area contributed by atoms with Crippen molar-refractivity contribution < 1.29 is 14.3 Å². The van der Waals surface area contributed by atoms with Gasteiger partial charge in [-0.15, -0.1) is 11.8 Å². The number of thioether (sulfide) groups is 1. The zero-order valence-electron chi connectivity index (χ0n) is 6.25. The van der Waals surface area contributed by atoms with Crippen molar-refractivity contribution in [2.75, 3.05) is 25.9 Å². The highest BCUT2D eigenvalue weighted by atomic mass is 32.2. The van der Waals surface area contributed by atoms with Gasteiger partial charge >= 0.3 is 5.97 Å². The van der Waals surface area contributed by atoms with Gasteiger partial charge < -0.3 is 9.47 Å². The van der Waals surface area contributed by atoms with Crippen LogP contribution in [0.15, 0.2) is 0 Å². The van der Waals surface area contributed by atoms with Gasteiger partial charge in [-0.2, -0.15) is 0 Å². The zero-order chi connectivity index (χ0) is 7.82. The molecular formula is C6H12O3S. The van der Waals surface area contributed by atoms with Crippen LogP contribution in [0, 0.1) is 0 Å². The highest BCUT2D eigenvalue weighted by Crippen LogP contribution is 2.01. The Hall–Kier alpha value is -0.220. The average molecular weight is 164 g/mol. The minimum absolute atomic E-state index is 0.163. The van der Waals surface area contributed by atoms with E-state index in [0.717, 1.165) is 5.75 Å². The molecule has 0 heterocycles. The van der Waals surface area contributed by atoms with Crippen LogP contribution in [0.4, 0.5) is 0 Å². The summed E-state index contributed by atoms with van der Waals surface area (Å²) in [6, 6.07) is 0. The predicted molar refractivity (Wildman–Crippen MR) is 41.0 cm³/mol. The molecule has 0 aromatic heterocycles. The fraction of sp³-hybridized carbons (Fsp3) is 0.833. The molecule has 60 valence electrons. The summed E-state index contributed by atoms with van der Waals surface area (Å²) in [5.74, 6) is 1.24. The number of hydrogen-bond acceptors (Lipinski definition) is 4. The van der Waals surface area contributed by atoms with Gasteiger partial charge in [0.25, 0.3) is 0 Å². The van der Waals surface area contributed by atoms with Gasteiger partial charge in [0.1, 0.15) is 0 Å². The van der Waals surface area contributed by atoms with Gasteiger partial charge in [0.05, 0.1) is 19.5 Å². The molecule has 0 rings (SSSR count). The van der Waals surface area contributed by atoms with Crippen molar-refractivity contribution >= 4 is 17.7 Å². The van der Waals surface area contributed by atoms with Crippen LogP contribution in [0.1, 0.15) is 6.42 Å². The molecule has 0 aromatic rings. The van der Waals surface area contributed by atoms with Crippen LogP contribution in [0.25, 0.3) is 0 Å². The first-order chi connectivity index (χ1) is 4.81. The van der Waals surface area contributed by atoms with E-state index in [4.69, 9.17) is 4.74 Å². The number of hydrogen-bond donors (Lipinski definition) is 0. The smallest absolute Gasteiger partial charge is 0.306 e. The molecule has 0 fully saturated rings. The monoisotopic (exact) mass is 164 g/mol. The van der Waals surface area contributed by atoms with Crippen molar-refractivity contribution in [3.63, 3.8) is 0 Å². The van der Waals surface area contributed by atoms with E-state index in [1.165, 1.54) is 7.11 Å². The van der Waals surface area contributed by atoms with E-state index in [1.807, 2.05) is 0 Å². The quantitative estimate of drug-likeness (QED) is 0.343. The Labute approximate surface area is 65.1 Å². The van der Waals surface area contributed by atoms with Gasteiger partial charge in [0.2, 0.25) is 0 Å². The van der Waals surface area contributed by atoms with Crippen LogP contribution < -0.4 is 0 Å². The second-order valence-corrected chi connectivity index (χ2v) is 2.69. The minimum Gasteiger partial charge on any atom is -0.469 e. The summed E-state index contributed by atoms with van der Waals surface area (Å²) in [5, 5.41) is 0. The van der Waals surface area contributed by atoms with Crippen LogP contribution >= 0.6 is 11.8 Å². The Balaban J connectivity index is 2.96. The molecule has 0 amide bonds. The molecule has 0 aliphatic carbocycles. The van der Waals surface area contributed by atoms with Gasteiger partial charge in [-0.3, -0.25) is 4.79 Å². The number of rotatable bonds is 5. The molecule has 4 heteroatoms. The topological polar surface area (TPSA) is 35.5 Å². The molecule has 0 N–H and O–H groups in total. The Morgan fingerprint density at radius 2 is 2.20 bits per heavy atom. The van der Waals surface area contributed by atoms with Gasteiger partial charge in [0, 0.05) is 12.9 Å². The van der Waals surface area contributed by atoms with E-state index >= 15 is 0 Å². The summed E-state index contributed by atoms with van der Waals surface area (Å²) < 4.78 is 9.21. The lowest BCUT2D eigenvalue weighted by molar-refractivity contribution is -0.140. The van der Waals surface area contributed by atoms with E-state index in [1.54, 1.807) is 18.9 Å². The second kappa shape index (κ2) is 6.89. The third-order valence-corrected chi connectivity index (χ3v) is 1.77. The maximum atomic E-state index is 10.5. The molecule has 0 unspecified atom stereocenters. The molecule has 0 aliphatic heterocycles. The Kier molecular flexibility index (Phi) is 6.74. The van der Waals surface area contributed by atoms with E-state index < -0.39 is 0 Å². The first-order valence-corrected chi connectivity index (χ1v) is 4.10. The molecule has 0 bridgehead atoms. The minimum atomic E-state index is -0.163. The van der Waals surface area contributed by atoms with E-state index in [-0.39, 0.29) is 5.97 Å². The number of carbonyl (C=O) groups is 1. The third kappa shape index (κ3) is 5.91. The Bertz CT molecular complexity index is 95.0. The van der Waals surface area contributed by atoms with E-state index in [0.29, 0.717) is 12.4 Å². The van der Waals surface area contributed by atoms with Crippen molar-refractivity contribution in [1.82, 2.24) is 0 Å². The van der Waals surface area contributed by atoms with Gasteiger partial charge in [-0.25, -0.2) is 0 Å². The normalized spacial score (nSPS) is 9.40. The van der Waals surface area contributed by atoms with Crippen LogP contribution in [0.5, 0.6) is 0 Å². The van der Waals surface area contributed by atoms with Crippen LogP contribution in [-0.2, 0) is 14.3 Å². The molecular weight excluding hydrogens is 152 g/mol. The summed E-state index contributed by atoms with van der Waals surface area (Å²) in [5.41, 5.74) is 0. The van der Waals surface area contributed by atoms with Crippen molar-refractivity contribution in [1.29, 1.82) is 0 Å². The molecule has 0 atom stereocenters. The maximum absolute atomic E-state index is 10.5.